The largest absolute Gasteiger partial charge is 0.493 e. The Kier molecular flexibility index (Phi) is 6.58. The summed E-state index contributed by atoms with van der Waals surface area (Å²) in [5.74, 6) is 0.772. The second-order valence-electron chi connectivity index (χ2n) is 7.41. The molecule has 146 valence electrons. The molecule has 1 fully saturated rings. The molecular weight excluding hydrogens is 382 g/mol. The van der Waals surface area contributed by atoms with Gasteiger partial charge in [0.05, 0.1) is 12.2 Å². The first-order valence-electron chi connectivity index (χ1n) is 9.09. The lowest BCUT2D eigenvalue weighted by atomic mass is 9.94. The van der Waals surface area contributed by atoms with Crippen molar-refractivity contribution in [2.45, 2.75) is 23.8 Å². The monoisotopic (exact) mass is 407 g/mol. The van der Waals surface area contributed by atoms with E-state index in [9.17, 15) is 9.32 Å². The highest BCUT2D eigenvalue weighted by atomic mass is 35.5. The molecule has 1 aliphatic rings. The van der Waals surface area contributed by atoms with Crippen molar-refractivity contribution in [1.82, 2.24) is 4.90 Å². The lowest BCUT2D eigenvalue weighted by molar-refractivity contribution is 0.0136. The predicted molar refractivity (Wildman–Crippen MR) is 110 cm³/mol. The molecule has 0 bridgehead atoms. The minimum atomic E-state index is -0.991. The summed E-state index contributed by atoms with van der Waals surface area (Å²) in [6.07, 6.45) is 2.56. The maximum Gasteiger partial charge on any atom is 0.119 e. The fourth-order valence-electron chi connectivity index (χ4n) is 3.46. The van der Waals surface area contributed by atoms with E-state index in [1.54, 1.807) is 6.26 Å². The molecule has 2 aromatic carbocycles. The summed E-state index contributed by atoms with van der Waals surface area (Å²) in [7, 11) is -0.991. The molecule has 3 rings (SSSR count). The standard InChI is InChI=1S/C21H26ClNO3S/c1-21(24)15-23(11-10-16-4-3-5-18(22)12-16)13-17(21)14-26-19-6-8-20(9-7-19)27(2)25/h3-9,12,17,24H,10-11,13-15H2,1-2H3. The maximum absolute atomic E-state index is 11.5. The molecular formula is C21H26ClNO3S. The Bertz CT molecular complexity index is 794. The summed E-state index contributed by atoms with van der Waals surface area (Å²) in [4.78, 5) is 3.06. The van der Waals surface area contributed by atoms with Crippen LogP contribution in [0.3, 0.4) is 0 Å². The second-order valence-corrected chi connectivity index (χ2v) is 9.22. The molecule has 0 amide bonds. The van der Waals surface area contributed by atoms with E-state index < -0.39 is 16.4 Å². The van der Waals surface area contributed by atoms with Gasteiger partial charge in [-0.05, 0) is 55.3 Å². The summed E-state index contributed by atoms with van der Waals surface area (Å²) in [6, 6.07) is 15.2. The average Bonchev–Trinajstić information content (AvgIpc) is 2.92. The highest BCUT2D eigenvalue weighted by Gasteiger charge is 2.41. The lowest BCUT2D eigenvalue weighted by Crippen LogP contribution is -2.37. The highest BCUT2D eigenvalue weighted by molar-refractivity contribution is 7.84. The van der Waals surface area contributed by atoms with Crippen LogP contribution in [0.4, 0.5) is 0 Å². The Morgan fingerprint density at radius 1 is 1.30 bits per heavy atom. The van der Waals surface area contributed by atoms with Gasteiger partial charge in [-0.15, -0.1) is 0 Å². The number of hydrogen-bond acceptors (Lipinski definition) is 4. The number of nitrogens with zero attached hydrogens (tertiary/aromatic N) is 1. The van der Waals surface area contributed by atoms with Crippen molar-refractivity contribution in [3.63, 3.8) is 0 Å². The lowest BCUT2D eigenvalue weighted by Gasteiger charge is -2.24. The van der Waals surface area contributed by atoms with Crippen molar-refractivity contribution in [1.29, 1.82) is 0 Å². The first kappa shape index (κ1) is 20.3. The molecule has 0 spiro atoms. The molecule has 1 N–H and O–H groups in total. The van der Waals surface area contributed by atoms with Crippen molar-refractivity contribution in [3.05, 3.63) is 59.1 Å². The van der Waals surface area contributed by atoms with Gasteiger partial charge in [0.2, 0.25) is 0 Å². The van der Waals surface area contributed by atoms with Crippen LogP contribution in [-0.4, -0.2) is 52.3 Å². The summed E-state index contributed by atoms with van der Waals surface area (Å²) in [6.45, 7) is 4.64. The fraction of sp³-hybridized carbons (Fsp3) is 0.429. The van der Waals surface area contributed by atoms with Crippen molar-refractivity contribution < 1.29 is 14.1 Å². The van der Waals surface area contributed by atoms with Crippen LogP contribution in [0.25, 0.3) is 0 Å². The second kappa shape index (κ2) is 8.74. The maximum atomic E-state index is 11.5. The average molecular weight is 408 g/mol. The predicted octanol–water partition coefficient (Wildman–Crippen LogP) is 3.38. The summed E-state index contributed by atoms with van der Waals surface area (Å²) in [5, 5.41) is 11.5. The molecule has 4 nitrogen and oxygen atoms in total. The molecule has 0 radical (unpaired) electrons. The van der Waals surface area contributed by atoms with E-state index in [1.165, 1.54) is 5.56 Å². The Balaban J connectivity index is 1.52. The molecule has 2 aromatic rings. The van der Waals surface area contributed by atoms with Crippen LogP contribution in [-0.2, 0) is 17.2 Å². The number of benzene rings is 2. The Hall–Kier alpha value is -1.40. The molecule has 1 aliphatic heterocycles. The van der Waals surface area contributed by atoms with Crippen LogP contribution in [0.1, 0.15) is 12.5 Å². The van der Waals surface area contributed by atoms with E-state index in [1.807, 2.05) is 49.4 Å². The summed E-state index contributed by atoms with van der Waals surface area (Å²) >= 11 is 6.05. The number of ether oxygens (including phenoxy) is 1. The van der Waals surface area contributed by atoms with Gasteiger partial charge in [0.25, 0.3) is 0 Å². The van der Waals surface area contributed by atoms with Crippen LogP contribution >= 0.6 is 11.6 Å². The number of hydrogen-bond donors (Lipinski definition) is 1. The highest BCUT2D eigenvalue weighted by Crippen LogP contribution is 2.28. The van der Waals surface area contributed by atoms with E-state index in [4.69, 9.17) is 16.3 Å². The third-order valence-corrected chi connectivity index (χ3v) is 6.29. The van der Waals surface area contributed by atoms with Crippen molar-refractivity contribution >= 4 is 22.4 Å². The minimum absolute atomic E-state index is 0.0387. The van der Waals surface area contributed by atoms with Gasteiger partial charge in [0.15, 0.2) is 0 Å². The molecule has 3 atom stereocenters. The molecule has 0 aromatic heterocycles. The smallest absolute Gasteiger partial charge is 0.119 e. The van der Waals surface area contributed by atoms with Gasteiger partial charge < -0.3 is 9.84 Å². The number of rotatable bonds is 7. The quantitative estimate of drug-likeness (QED) is 0.764. The van der Waals surface area contributed by atoms with Gasteiger partial charge >= 0.3 is 0 Å². The summed E-state index contributed by atoms with van der Waals surface area (Å²) in [5.41, 5.74) is 0.425. The molecule has 1 heterocycles. The topological polar surface area (TPSA) is 49.8 Å². The molecule has 0 saturated carbocycles. The van der Waals surface area contributed by atoms with E-state index in [0.717, 1.165) is 35.2 Å². The first-order valence-corrected chi connectivity index (χ1v) is 11.0. The van der Waals surface area contributed by atoms with Gasteiger partial charge in [0.1, 0.15) is 5.75 Å². The van der Waals surface area contributed by atoms with Crippen LogP contribution < -0.4 is 4.74 Å². The fourth-order valence-corrected chi connectivity index (χ4v) is 4.19. The molecule has 3 unspecified atom stereocenters. The van der Waals surface area contributed by atoms with Gasteiger partial charge in [-0.3, -0.25) is 9.11 Å². The zero-order chi connectivity index (χ0) is 19.4. The van der Waals surface area contributed by atoms with Gasteiger partial charge in [-0.25, -0.2) is 0 Å². The van der Waals surface area contributed by atoms with Crippen LogP contribution in [0, 0.1) is 5.92 Å². The van der Waals surface area contributed by atoms with Crippen molar-refractivity contribution in [2.24, 2.45) is 5.92 Å². The first-order chi connectivity index (χ1) is 12.8. The van der Waals surface area contributed by atoms with E-state index in [0.29, 0.717) is 13.2 Å². The van der Waals surface area contributed by atoms with E-state index >= 15 is 0 Å². The van der Waals surface area contributed by atoms with E-state index in [2.05, 4.69) is 11.0 Å². The van der Waals surface area contributed by atoms with Gasteiger partial charge in [-0.1, -0.05) is 23.7 Å². The van der Waals surface area contributed by atoms with Crippen molar-refractivity contribution in [2.75, 3.05) is 32.5 Å². The number of likely N-dealkylation sites (tertiary alicyclic amines) is 1. The Labute approximate surface area is 168 Å². The van der Waals surface area contributed by atoms with E-state index in [-0.39, 0.29) is 5.92 Å². The van der Waals surface area contributed by atoms with Crippen LogP contribution in [0.5, 0.6) is 5.75 Å². The SMILES string of the molecule is CS(=O)c1ccc(OCC2CN(CCc3cccc(Cl)c3)CC2(C)O)cc1. The molecule has 1 saturated heterocycles. The van der Waals surface area contributed by atoms with Crippen molar-refractivity contribution in [3.8, 4) is 5.75 Å². The molecule has 0 aliphatic carbocycles. The normalized spacial score (nSPS) is 24.1. The van der Waals surface area contributed by atoms with Gasteiger partial charge in [-0.2, -0.15) is 0 Å². The Morgan fingerprint density at radius 2 is 2.04 bits per heavy atom. The zero-order valence-electron chi connectivity index (χ0n) is 15.7. The number of halogens is 1. The van der Waals surface area contributed by atoms with Gasteiger partial charge in [0, 0.05) is 52.5 Å². The number of aliphatic hydroxyl groups is 1. The Morgan fingerprint density at radius 3 is 2.70 bits per heavy atom. The minimum Gasteiger partial charge on any atom is -0.493 e. The number of β-amino-alcohol motifs (C(OH)–C–C–N with tert-alkyl or cyclic N) is 1. The molecule has 6 heteroatoms. The van der Waals surface area contributed by atoms with Crippen LogP contribution in [0.15, 0.2) is 53.4 Å². The third kappa shape index (κ3) is 5.55. The molecule has 27 heavy (non-hydrogen) atoms. The third-order valence-electron chi connectivity index (χ3n) is 5.11. The zero-order valence-corrected chi connectivity index (χ0v) is 17.3. The van der Waals surface area contributed by atoms with Crippen LogP contribution in [0.2, 0.25) is 5.02 Å². The summed E-state index contributed by atoms with van der Waals surface area (Å²) < 4.78 is 17.3.